The number of carbonyl (C=O) groups excluding carboxylic acids is 2. The van der Waals surface area contributed by atoms with Gasteiger partial charge in [0.25, 0.3) is 11.5 Å². The molecule has 3 aliphatic rings. The van der Waals surface area contributed by atoms with E-state index in [1.54, 1.807) is 46.0 Å². The third-order valence-corrected chi connectivity index (χ3v) is 6.52. The van der Waals surface area contributed by atoms with E-state index in [-0.39, 0.29) is 30.2 Å². The van der Waals surface area contributed by atoms with Crippen LogP contribution in [0, 0.1) is 0 Å². The second-order valence-electron chi connectivity index (χ2n) is 8.70. The van der Waals surface area contributed by atoms with E-state index in [0.29, 0.717) is 36.6 Å². The summed E-state index contributed by atoms with van der Waals surface area (Å²) in [4.78, 5) is 42.2. The third kappa shape index (κ3) is 3.56. The molecule has 3 aromatic rings. The van der Waals surface area contributed by atoms with E-state index in [1.165, 1.54) is 0 Å². The van der Waals surface area contributed by atoms with Gasteiger partial charge in [0.2, 0.25) is 0 Å². The van der Waals surface area contributed by atoms with Crippen molar-refractivity contribution < 1.29 is 19.1 Å². The van der Waals surface area contributed by atoms with Gasteiger partial charge in [-0.1, -0.05) is 0 Å². The Kier molecular flexibility index (Phi) is 4.95. The Morgan fingerprint density at radius 2 is 2.03 bits per heavy atom. The predicted octanol–water partition coefficient (Wildman–Crippen LogP) is 2.18. The van der Waals surface area contributed by atoms with Gasteiger partial charge >= 0.3 is 6.09 Å². The van der Waals surface area contributed by atoms with Crippen LogP contribution in [0.5, 0.6) is 5.75 Å². The second kappa shape index (κ2) is 8.14. The van der Waals surface area contributed by atoms with Gasteiger partial charge in [-0.25, -0.2) is 4.79 Å². The maximum atomic E-state index is 12.5. The maximum Gasteiger partial charge on any atom is 0.414 e. The Labute approximate surface area is 194 Å². The Morgan fingerprint density at radius 1 is 1.12 bits per heavy atom. The highest BCUT2D eigenvalue weighted by molar-refractivity contribution is 5.97. The third-order valence-electron chi connectivity index (χ3n) is 6.52. The number of nitrogens with zero attached hydrogens (tertiary/aromatic N) is 3. The van der Waals surface area contributed by atoms with E-state index in [4.69, 9.17) is 9.47 Å². The van der Waals surface area contributed by atoms with E-state index in [0.717, 1.165) is 29.6 Å². The number of carbonyl (C=O) groups is 2. The molecule has 5 heterocycles. The predicted molar refractivity (Wildman–Crippen MR) is 124 cm³/mol. The standard InChI is InChI=1S/C24H23N5O5/c30-21-13-33-20-5-3-14(10-18(20)27-21)28-11-15(34-24(28)32)2-1-8-25-19-12-29-22(31)6-4-17-23(29)16(19)7-9-26-17/h3-7,9-10,15,19,25H,1-2,8,11-13H2,(H,27,30)/t15-,19-/m1/s1. The van der Waals surface area contributed by atoms with Crippen molar-refractivity contribution in [2.45, 2.75) is 31.5 Å². The number of pyridine rings is 2. The van der Waals surface area contributed by atoms with Crippen LogP contribution in [0.1, 0.15) is 24.4 Å². The minimum Gasteiger partial charge on any atom is -0.482 e. The molecule has 0 radical (unpaired) electrons. The van der Waals surface area contributed by atoms with Gasteiger partial charge in [0.05, 0.1) is 29.3 Å². The number of rotatable bonds is 6. The van der Waals surface area contributed by atoms with Gasteiger partial charge in [0.15, 0.2) is 6.61 Å². The summed E-state index contributed by atoms with van der Waals surface area (Å²) >= 11 is 0. The summed E-state index contributed by atoms with van der Waals surface area (Å²) in [5.41, 5.74) is 4.01. The van der Waals surface area contributed by atoms with Crippen molar-refractivity contribution in [3.8, 4) is 5.75 Å². The van der Waals surface area contributed by atoms with E-state index in [1.807, 2.05) is 6.07 Å². The lowest BCUT2D eigenvalue weighted by Gasteiger charge is -2.20. The van der Waals surface area contributed by atoms with Crippen LogP contribution in [0.4, 0.5) is 16.2 Å². The normalized spacial score (nSPS) is 20.8. The molecule has 10 heteroatoms. The topological polar surface area (TPSA) is 115 Å². The second-order valence-corrected chi connectivity index (χ2v) is 8.70. The van der Waals surface area contributed by atoms with Crippen LogP contribution in [0.15, 0.2) is 47.4 Å². The lowest BCUT2D eigenvalue weighted by molar-refractivity contribution is -0.118. The van der Waals surface area contributed by atoms with E-state index < -0.39 is 6.09 Å². The largest absolute Gasteiger partial charge is 0.482 e. The van der Waals surface area contributed by atoms with Crippen LogP contribution >= 0.6 is 0 Å². The minimum atomic E-state index is -0.397. The van der Waals surface area contributed by atoms with Crippen LogP contribution in [-0.4, -0.2) is 47.4 Å². The quantitative estimate of drug-likeness (QED) is 0.541. The zero-order chi connectivity index (χ0) is 23.2. The highest BCUT2D eigenvalue weighted by Crippen LogP contribution is 2.34. The van der Waals surface area contributed by atoms with Gasteiger partial charge < -0.3 is 24.7 Å². The molecule has 0 saturated carbocycles. The summed E-state index contributed by atoms with van der Waals surface area (Å²) in [5.74, 6) is 0.364. The Bertz CT molecular complexity index is 1370. The summed E-state index contributed by atoms with van der Waals surface area (Å²) in [6.45, 7) is 1.75. The van der Waals surface area contributed by atoms with Crippen LogP contribution in [0.2, 0.25) is 0 Å². The van der Waals surface area contributed by atoms with Gasteiger partial charge in [-0.2, -0.15) is 0 Å². The molecule has 2 amide bonds. The molecule has 0 unspecified atom stereocenters. The fourth-order valence-electron chi connectivity index (χ4n) is 4.90. The van der Waals surface area contributed by atoms with Gasteiger partial charge in [-0.15, -0.1) is 0 Å². The minimum absolute atomic E-state index is 0.00999. The SMILES string of the molecule is O=C1COc2ccc(N3C[C@@H](CCCN[C@@H]4Cn5c(=O)ccc6nccc4c65)OC3=O)cc2N1. The summed E-state index contributed by atoms with van der Waals surface area (Å²) < 4.78 is 12.7. The van der Waals surface area contributed by atoms with Gasteiger partial charge in [-0.3, -0.25) is 19.5 Å². The Hall–Kier alpha value is -3.92. The molecular weight excluding hydrogens is 438 g/mol. The first-order valence-corrected chi connectivity index (χ1v) is 11.3. The molecule has 0 bridgehead atoms. The molecule has 2 atom stereocenters. The molecule has 0 aliphatic carbocycles. The molecule has 2 N–H and O–H groups in total. The molecule has 10 nitrogen and oxygen atoms in total. The number of ether oxygens (including phenoxy) is 2. The van der Waals surface area contributed by atoms with Crippen molar-refractivity contribution in [2.75, 3.05) is 29.9 Å². The number of nitrogens with one attached hydrogen (secondary N) is 2. The van der Waals surface area contributed by atoms with Gasteiger partial charge in [0, 0.05) is 24.5 Å². The molecule has 6 rings (SSSR count). The number of hydrogen-bond donors (Lipinski definition) is 2. The van der Waals surface area contributed by atoms with Gasteiger partial charge in [0.1, 0.15) is 11.9 Å². The van der Waals surface area contributed by atoms with Crippen LogP contribution in [0.25, 0.3) is 11.0 Å². The monoisotopic (exact) mass is 461 g/mol. The average Bonchev–Trinajstić information content (AvgIpc) is 3.40. The van der Waals surface area contributed by atoms with Crippen LogP contribution in [-0.2, 0) is 16.1 Å². The number of anilines is 2. The molecule has 1 aromatic carbocycles. The molecule has 1 saturated heterocycles. The van der Waals surface area contributed by atoms with E-state index in [2.05, 4.69) is 15.6 Å². The zero-order valence-corrected chi connectivity index (χ0v) is 18.3. The number of hydrogen-bond acceptors (Lipinski definition) is 7. The number of benzene rings is 1. The highest BCUT2D eigenvalue weighted by atomic mass is 16.6. The highest BCUT2D eigenvalue weighted by Gasteiger charge is 2.33. The lowest BCUT2D eigenvalue weighted by Crippen LogP contribution is -2.28. The van der Waals surface area contributed by atoms with E-state index in [9.17, 15) is 14.4 Å². The number of cyclic esters (lactones) is 1. The first-order valence-electron chi connectivity index (χ1n) is 11.3. The fourth-order valence-corrected chi connectivity index (χ4v) is 4.90. The number of aromatic nitrogens is 2. The summed E-state index contributed by atoms with van der Waals surface area (Å²) in [7, 11) is 0. The van der Waals surface area contributed by atoms with Gasteiger partial charge in [-0.05, 0) is 55.3 Å². The van der Waals surface area contributed by atoms with Crippen molar-refractivity contribution in [1.29, 1.82) is 0 Å². The molecular formula is C24H23N5O5. The van der Waals surface area contributed by atoms with Crippen molar-refractivity contribution in [3.63, 3.8) is 0 Å². The first kappa shape index (κ1) is 20.7. The smallest absolute Gasteiger partial charge is 0.414 e. The molecule has 1 fully saturated rings. The molecule has 2 aromatic heterocycles. The Morgan fingerprint density at radius 3 is 2.94 bits per heavy atom. The molecule has 34 heavy (non-hydrogen) atoms. The zero-order valence-electron chi connectivity index (χ0n) is 18.3. The van der Waals surface area contributed by atoms with Crippen LogP contribution < -0.4 is 25.8 Å². The van der Waals surface area contributed by atoms with E-state index >= 15 is 0 Å². The number of fused-ring (bicyclic) bond motifs is 1. The van der Waals surface area contributed by atoms with Crippen molar-refractivity contribution in [3.05, 3.63) is 58.5 Å². The fraction of sp³-hybridized carbons (Fsp3) is 0.333. The van der Waals surface area contributed by atoms with Crippen molar-refractivity contribution >= 4 is 34.4 Å². The molecule has 3 aliphatic heterocycles. The Balaban J connectivity index is 1.05. The van der Waals surface area contributed by atoms with Crippen LogP contribution in [0.3, 0.4) is 0 Å². The first-order chi connectivity index (χ1) is 16.6. The average molecular weight is 461 g/mol. The summed E-state index contributed by atoms with van der Waals surface area (Å²) in [6.07, 6.45) is 2.69. The number of amides is 2. The summed E-state index contributed by atoms with van der Waals surface area (Å²) in [5, 5.41) is 6.30. The molecule has 174 valence electrons. The molecule has 0 spiro atoms. The maximum absolute atomic E-state index is 12.5. The van der Waals surface area contributed by atoms with Crippen molar-refractivity contribution in [1.82, 2.24) is 14.9 Å². The van der Waals surface area contributed by atoms with Crippen molar-refractivity contribution in [2.24, 2.45) is 0 Å². The lowest BCUT2D eigenvalue weighted by atomic mass is 10.1. The summed E-state index contributed by atoms with van der Waals surface area (Å²) in [6, 6.07) is 10.6.